The number of carboxylic acid groups (broad SMARTS) is 1. The molecule has 0 fully saturated rings. The van der Waals surface area contributed by atoms with Gasteiger partial charge in [0.2, 0.25) is 0 Å². The van der Waals surface area contributed by atoms with Gasteiger partial charge in [-0.25, -0.2) is 0 Å². The molecule has 0 bridgehead atoms. The number of hydrogen-bond acceptors (Lipinski definition) is 6. The third kappa shape index (κ3) is 17.5. The minimum absolute atomic E-state index is 0.187. The van der Waals surface area contributed by atoms with Crippen molar-refractivity contribution in [3.63, 3.8) is 0 Å². The van der Waals surface area contributed by atoms with E-state index in [0.717, 1.165) is 12.8 Å². The monoisotopic (exact) mass is 453 g/mol. The van der Waals surface area contributed by atoms with Crippen LogP contribution in [0.5, 0.6) is 0 Å². The fourth-order valence-corrected chi connectivity index (χ4v) is 3.70. The Labute approximate surface area is 191 Å². The zero-order valence-corrected chi connectivity index (χ0v) is 19.6. The van der Waals surface area contributed by atoms with Crippen molar-refractivity contribution in [1.29, 1.82) is 0 Å². The van der Waals surface area contributed by atoms with Crippen LogP contribution in [0.1, 0.15) is 58.3 Å². The Balaban J connectivity index is 4.55. The average Bonchev–Trinajstić information content (AvgIpc) is 2.75. The topological polar surface area (TPSA) is 110 Å². The normalized spacial score (nSPS) is 15.2. The molecule has 1 unspecified atom stereocenters. The van der Waals surface area contributed by atoms with E-state index in [1.54, 1.807) is 0 Å². The molecular weight excluding hydrogens is 414 g/mol. The summed E-state index contributed by atoms with van der Waals surface area (Å²) in [5.41, 5.74) is 5.58. The van der Waals surface area contributed by atoms with Gasteiger partial charge in [-0.2, -0.15) is 0 Å². The molecule has 0 aromatic carbocycles. The second-order valence-electron chi connectivity index (χ2n) is 7.18. The first kappa shape index (κ1) is 29.2. The predicted molar refractivity (Wildman–Crippen MR) is 129 cm³/mol. The first-order valence-electron chi connectivity index (χ1n) is 10.9. The molecule has 0 radical (unpaired) electrons. The van der Waals surface area contributed by atoms with Crippen LogP contribution >= 0.6 is 11.8 Å². The molecular formula is C24H39NO5S. The summed E-state index contributed by atoms with van der Waals surface area (Å²) in [4.78, 5) is 22.2. The van der Waals surface area contributed by atoms with E-state index in [2.05, 4.69) is 29.9 Å². The Kier molecular flexibility index (Phi) is 18.9. The third-order valence-electron chi connectivity index (χ3n) is 4.46. The number of thioether (sulfide) groups is 1. The van der Waals surface area contributed by atoms with Crippen LogP contribution in [0, 0.1) is 0 Å². The van der Waals surface area contributed by atoms with Gasteiger partial charge in [0.25, 0.3) is 0 Å². The number of nitrogens with two attached hydrogens (primary N) is 1. The van der Waals surface area contributed by atoms with Crippen LogP contribution in [0.3, 0.4) is 0 Å². The molecule has 0 saturated carbocycles. The van der Waals surface area contributed by atoms with Crippen molar-refractivity contribution in [2.24, 2.45) is 5.73 Å². The molecule has 0 heterocycles. The van der Waals surface area contributed by atoms with Crippen LogP contribution in [0.4, 0.5) is 0 Å². The van der Waals surface area contributed by atoms with Gasteiger partial charge in [-0.15, -0.1) is 11.8 Å². The number of carbonyl (C=O) groups is 2. The van der Waals surface area contributed by atoms with Crippen LogP contribution in [0.15, 0.2) is 48.6 Å². The molecule has 0 aliphatic rings. The zero-order chi connectivity index (χ0) is 23.3. The molecule has 4 N–H and O–H groups in total. The standard InChI is InChI=1S/C24H39NO5S/c1-3-4-5-6-7-8-9-10-11-12-13-14-17-22(31-19-20(25)24(28)29)21(26)16-15-18-23(27)30-2/h7-8,10-14,17,20-22,26H,3-6,9,15-16,18-19,25H2,1-2H3,(H,28,29)/b8-7-,11-10-,13-12+,17-14+/t20?,21-,22+/m0/s1. The number of carboxylic acids is 1. The quantitative estimate of drug-likeness (QED) is 0.122. The molecule has 6 nitrogen and oxygen atoms in total. The highest BCUT2D eigenvalue weighted by molar-refractivity contribution is 8.00. The van der Waals surface area contributed by atoms with Gasteiger partial charge in [-0.05, 0) is 32.1 Å². The summed E-state index contributed by atoms with van der Waals surface area (Å²) in [6.07, 6.45) is 22.1. The molecule has 0 spiro atoms. The molecule has 0 aliphatic carbocycles. The minimum Gasteiger partial charge on any atom is -0.480 e. The van der Waals surface area contributed by atoms with Crippen LogP contribution in [-0.4, -0.2) is 52.4 Å². The van der Waals surface area contributed by atoms with E-state index in [4.69, 9.17) is 10.8 Å². The zero-order valence-electron chi connectivity index (χ0n) is 18.8. The first-order valence-corrected chi connectivity index (χ1v) is 12.0. The van der Waals surface area contributed by atoms with Crippen LogP contribution < -0.4 is 5.73 Å². The van der Waals surface area contributed by atoms with Gasteiger partial charge < -0.3 is 20.7 Å². The number of aliphatic hydroxyl groups excluding tert-OH is 1. The summed E-state index contributed by atoms with van der Waals surface area (Å²) in [7, 11) is 1.33. The number of aliphatic carboxylic acids is 1. The Morgan fingerprint density at radius 2 is 1.81 bits per heavy atom. The number of unbranched alkanes of at least 4 members (excludes halogenated alkanes) is 3. The predicted octanol–water partition coefficient (Wildman–Crippen LogP) is 4.40. The molecule has 0 amide bonds. The molecule has 0 aromatic heterocycles. The number of allylic oxidation sites excluding steroid dienone is 7. The van der Waals surface area contributed by atoms with E-state index in [0.29, 0.717) is 12.8 Å². The van der Waals surface area contributed by atoms with Gasteiger partial charge in [-0.3, -0.25) is 9.59 Å². The van der Waals surface area contributed by atoms with Gasteiger partial charge in [0.05, 0.1) is 13.2 Å². The molecule has 176 valence electrons. The molecule has 0 aromatic rings. The Hall–Kier alpha value is -1.83. The number of esters is 1. The highest BCUT2D eigenvalue weighted by atomic mass is 32.2. The third-order valence-corrected chi connectivity index (χ3v) is 5.86. The van der Waals surface area contributed by atoms with Gasteiger partial charge >= 0.3 is 11.9 Å². The van der Waals surface area contributed by atoms with E-state index in [1.807, 2.05) is 30.4 Å². The number of carbonyl (C=O) groups excluding carboxylic acids is 1. The van der Waals surface area contributed by atoms with Crippen molar-refractivity contribution in [2.45, 2.75) is 75.7 Å². The maximum absolute atomic E-state index is 11.2. The molecule has 31 heavy (non-hydrogen) atoms. The summed E-state index contributed by atoms with van der Waals surface area (Å²) in [5, 5.41) is 19.1. The summed E-state index contributed by atoms with van der Waals surface area (Å²) >= 11 is 1.29. The maximum Gasteiger partial charge on any atom is 0.321 e. The summed E-state index contributed by atoms with van der Waals surface area (Å²) < 4.78 is 4.61. The lowest BCUT2D eigenvalue weighted by molar-refractivity contribution is -0.141. The van der Waals surface area contributed by atoms with Crippen molar-refractivity contribution in [3.05, 3.63) is 48.6 Å². The molecule has 0 saturated heterocycles. The van der Waals surface area contributed by atoms with Gasteiger partial charge in [0.1, 0.15) is 6.04 Å². The van der Waals surface area contributed by atoms with Gasteiger partial charge in [-0.1, -0.05) is 68.4 Å². The first-order chi connectivity index (χ1) is 14.9. The highest BCUT2D eigenvalue weighted by Crippen LogP contribution is 2.21. The Morgan fingerprint density at radius 3 is 2.48 bits per heavy atom. The second-order valence-corrected chi connectivity index (χ2v) is 8.39. The van der Waals surface area contributed by atoms with Gasteiger partial charge in [0.15, 0.2) is 0 Å². The van der Waals surface area contributed by atoms with Crippen molar-refractivity contribution in [3.8, 4) is 0 Å². The van der Waals surface area contributed by atoms with Crippen LogP contribution in [0.25, 0.3) is 0 Å². The summed E-state index contributed by atoms with van der Waals surface area (Å²) in [6.45, 7) is 2.20. The summed E-state index contributed by atoms with van der Waals surface area (Å²) in [6, 6.07) is -0.989. The Bertz CT molecular complexity index is 601. The molecule has 7 heteroatoms. The van der Waals surface area contributed by atoms with Crippen LogP contribution in [-0.2, 0) is 14.3 Å². The van der Waals surface area contributed by atoms with Crippen LogP contribution in [0.2, 0.25) is 0 Å². The summed E-state index contributed by atoms with van der Waals surface area (Å²) in [5.74, 6) is -1.20. The molecule has 0 aliphatic heterocycles. The Morgan fingerprint density at radius 1 is 1.06 bits per heavy atom. The van der Waals surface area contributed by atoms with Crippen molar-refractivity contribution in [1.82, 2.24) is 0 Å². The minimum atomic E-state index is -1.07. The number of aliphatic hydroxyl groups is 1. The number of ether oxygens (including phenoxy) is 1. The van der Waals surface area contributed by atoms with Gasteiger partial charge in [0, 0.05) is 17.4 Å². The SMILES string of the molecule is CCCCC/C=C\C\C=C/C=C/C=C/[C@@H](SCC(N)C(=O)O)[C@@H](O)CCCC(=O)OC. The lowest BCUT2D eigenvalue weighted by Gasteiger charge is -2.20. The average molecular weight is 454 g/mol. The number of methoxy groups -OCH3 is 1. The maximum atomic E-state index is 11.2. The van der Waals surface area contributed by atoms with Crippen molar-refractivity contribution < 1.29 is 24.5 Å². The second kappa shape index (κ2) is 20.1. The van der Waals surface area contributed by atoms with Crippen molar-refractivity contribution >= 4 is 23.7 Å². The fraction of sp³-hybridized carbons (Fsp3) is 0.583. The molecule has 0 rings (SSSR count). The largest absolute Gasteiger partial charge is 0.480 e. The number of rotatable bonds is 18. The van der Waals surface area contributed by atoms with E-state index < -0.39 is 18.1 Å². The van der Waals surface area contributed by atoms with E-state index in [9.17, 15) is 14.7 Å². The highest BCUT2D eigenvalue weighted by Gasteiger charge is 2.20. The smallest absolute Gasteiger partial charge is 0.321 e. The lowest BCUT2D eigenvalue weighted by Crippen LogP contribution is -2.34. The number of hydrogen-bond donors (Lipinski definition) is 3. The van der Waals surface area contributed by atoms with Crippen molar-refractivity contribution in [2.75, 3.05) is 12.9 Å². The van der Waals surface area contributed by atoms with E-state index >= 15 is 0 Å². The van der Waals surface area contributed by atoms with E-state index in [1.165, 1.54) is 38.1 Å². The molecule has 3 atom stereocenters. The van der Waals surface area contributed by atoms with E-state index in [-0.39, 0.29) is 23.4 Å². The lowest BCUT2D eigenvalue weighted by atomic mass is 10.1. The fourth-order valence-electron chi connectivity index (χ4n) is 2.57.